The third kappa shape index (κ3) is 2.71. The Kier molecular flexibility index (Phi) is 3.45. The topological polar surface area (TPSA) is 38.0 Å². The number of hydrogen-bond donors (Lipinski definition) is 2. The number of hydrogen-bond acceptors (Lipinski definition) is 2. The van der Waals surface area contributed by atoms with Crippen LogP contribution in [0.5, 0.6) is 0 Å². The average molecular weight is 196 g/mol. The van der Waals surface area contributed by atoms with Gasteiger partial charge in [0.2, 0.25) is 0 Å². The van der Waals surface area contributed by atoms with E-state index in [0.717, 1.165) is 12.0 Å². The van der Waals surface area contributed by atoms with Crippen molar-refractivity contribution in [2.45, 2.75) is 70.0 Å². The van der Waals surface area contributed by atoms with Gasteiger partial charge in [-0.2, -0.15) is 0 Å². The highest BCUT2D eigenvalue weighted by atomic mass is 15.0. The van der Waals surface area contributed by atoms with Crippen LogP contribution in [0.25, 0.3) is 0 Å². The van der Waals surface area contributed by atoms with Gasteiger partial charge in [0, 0.05) is 18.1 Å². The maximum Gasteiger partial charge on any atom is 0.00843 e. The molecule has 2 fully saturated rings. The van der Waals surface area contributed by atoms with Gasteiger partial charge in [0.05, 0.1) is 0 Å². The largest absolute Gasteiger partial charge is 0.328 e. The number of nitrogens with two attached hydrogens (primary N) is 1. The normalized spacial score (nSPS) is 44.1. The lowest BCUT2D eigenvalue weighted by Gasteiger charge is -2.30. The summed E-state index contributed by atoms with van der Waals surface area (Å²) in [4.78, 5) is 0. The fourth-order valence-corrected chi connectivity index (χ4v) is 3.07. The molecule has 0 aromatic carbocycles. The zero-order valence-corrected chi connectivity index (χ0v) is 9.34. The van der Waals surface area contributed by atoms with E-state index in [0.29, 0.717) is 12.1 Å². The summed E-state index contributed by atoms with van der Waals surface area (Å²) in [5, 5.41) is 3.80. The quantitative estimate of drug-likeness (QED) is 0.709. The summed E-state index contributed by atoms with van der Waals surface area (Å²) in [6.45, 7) is 2.37. The first-order valence-corrected chi connectivity index (χ1v) is 6.25. The smallest absolute Gasteiger partial charge is 0.00843 e. The van der Waals surface area contributed by atoms with Crippen molar-refractivity contribution in [2.75, 3.05) is 0 Å². The van der Waals surface area contributed by atoms with Crippen molar-refractivity contribution < 1.29 is 0 Å². The Morgan fingerprint density at radius 2 is 1.79 bits per heavy atom. The second-order valence-corrected chi connectivity index (χ2v) is 5.41. The molecule has 2 heteroatoms. The van der Waals surface area contributed by atoms with Gasteiger partial charge in [-0.3, -0.25) is 0 Å². The van der Waals surface area contributed by atoms with Crippen molar-refractivity contribution in [3.8, 4) is 0 Å². The van der Waals surface area contributed by atoms with Gasteiger partial charge in [0.1, 0.15) is 0 Å². The third-order valence-corrected chi connectivity index (χ3v) is 3.88. The SMILES string of the molecule is CC1CCC(NC2CCCC(N)C2)C1. The van der Waals surface area contributed by atoms with Crippen LogP contribution in [0, 0.1) is 5.92 Å². The summed E-state index contributed by atoms with van der Waals surface area (Å²) in [5.74, 6) is 0.935. The fraction of sp³-hybridized carbons (Fsp3) is 1.00. The molecule has 2 nitrogen and oxygen atoms in total. The standard InChI is InChI=1S/C12H24N2/c1-9-5-6-12(7-9)14-11-4-2-3-10(13)8-11/h9-12,14H,2-8,13H2,1H3. The number of rotatable bonds is 2. The molecule has 2 rings (SSSR count). The van der Waals surface area contributed by atoms with E-state index in [1.165, 1.54) is 44.9 Å². The van der Waals surface area contributed by atoms with Crippen LogP contribution in [0.1, 0.15) is 51.9 Å². The number of nitrogens with one attached hydrogen (secondary N) is 1. The lowest BCUT2D eigenvalue weighted by molar-refractivity contribution is 0.309. The van der Waals surface area contributed by atoms with Crippen molar-refractivity contribution in [3.63, 3.8) is 0 Å². The van der Waals surface area contributed by atoms with Crippen molar-refractivity contribution in [1.82, 2.24) is 5.32 Å². The van der Waals surface area contributed by atoms with E-state index in [1.807, 2.05) is 0 Å². The molecule has 0 amide bonds. The molecule has 0 aromatic rings. The molecule has 0 radical (unpaired) electrons. The Hall–Kier alpha value is -0.0800. The van der Waals surface area contributed by atoms with Gasteiger partial charge in [-0.05, 0) is 44.4 Å². The molecular formula is C12H24N2. The van der Waals surface area contributed by atoms with Gasteiger partial charge in [0.25, 0.3) is 0 Å². The van der Waals surface area contributed by atoms with Crippen LogP contribution in [0.3, 0.4) is 0 Å². The van der Waals surface area contributed by atoms with Gasteiger partial charge >= 0.3 is 0 Å². The third-order valence-electron chi connectivity index (χ3n) is 3.88. The second-order valence-electron chi connectivity index (χ2n) is 5.41. The van der Waals surface area contributed by atoms with Crippen molar-refractivity contribution in [2.24, 2.45) is 11.7 Å². The molecular weight excluding hydrogens is 172 g/mol. The van der Waals surface area contributed by atoms with Crippen LogP contribution in [-0.4, -0.2) is 18.1 Å². The summed E-state index contributed by atoms with van der Waals surface area (Å²) in [6.07, 6.45) is 9.28. The van der Waals surface area contributed by atoms with Crippen LogP contribution >= 0.6 is 0 Å². The van der Waals surface area contributed by atoms with E-state index >= 15 is 0 Å². The highest BCUT2D eigenvalue weighted by Crippen LogP contribution is 2.26. The summed E-state index contributed by atoms with van der Waals surface area (Å²) in [6, 6.07) is 1.97. The molecule has 3 N–H and O–H groups in total. The van der Waals surface area contributed by atoms with E-state index in [-0.39, 0.29) is 0 Å². The van der Waals surface area contributed by atoms with Gasteiger partial charge in [-0.15, -0.1) is 0 Å². The van der Waals surface area contributed by atoms with E-state index < -0.39 is 0 Å². The molecule has 0 bridgehead atoms. The summed E-state index contributed by atoms with van der Waals surface area (Å²) in [7, 11) is 0. The van der Waals surface area contributed by atoms with Crippen molar-refractivity contribution in [3.05, 3.63) is 0 Å². The summed E-state index contributed by atoms with van der Waals surface area (Å²) in [5.41, 5.74) is 5.99. The summed E-state index contributed by atoms with van der Waals surface area (Å²) < 4.78 is 0. The van der Waals surface area contributed by atoms with E-state index in [4.69, 9.17) is 5.73 Å². The molecule has 0 spiro atoms. The first-order chi connectivity index (χ1) is 6.74. The molecule has 0 aliphatic heterocycles. The second kappa shape index (κ2) is 4.63. The van der Waals surface area contributed by atoms with Crippen LogP contribution in [0.4, 0.5) is 0 Å². The van der Waals surface area contributed by atoms with Gasteiger partial charge in [0.15, 0.2) is 0 Å². The predicted octanol–water partition coefficient (Wildman–Crippen LogP) is 2.03. The Labute approximate surface area is 87.6 Å². The fourth-order valence-electron chi connectivity index (χ4n) is 3.07. The molecule has 14 heavy (non-hydrogen) atoms. The van der Waals surface area contributed by atoms with E-state index in [1.54, 1.807) is 0 Å². The van der Waals surface area contributed by atoms with Crippen LogP contribution in [-0.2, 0) is 0 Å². The molecule has 0 aromatic heterocycles. The minimum absolute atomic E-state index is 0.458. The maximum absolute atomic E-state index is 5.99. The molecule has 2 aliphatic rings. The van der Waals surface area contributed by atoms with Gasteiger partial charge in [-0.25, -0.2) is 0 Å². The van der Waals surface area contributed by atoms with E-state index in [2.05, 4.69) is 12.2 Å². The first-order valence-electron chi connectivity index (χ1n) is 6.25. The zero-order chi connectivity index (χ0) is 9.97. The molecule has 2 aliphatic carbocycles. The Morgan fingerprint density at radius 3 is 2.43 bits per heavy atom. The molecule has 4 unspecified atom stereocenters. The Balaban J connectivity index is 1.74. The minimum Gasteiger partial charge on any atom is -0.328 e. The predicted molar refractivity (Wildman–Crippen MR) is 60.2 cm³/mol. The lowest BCUT2D eigenvalue weighted by Crippen LogP contribution is -2.43. The highest BCUT2D eigenvalue weighted by Gasteiger charge is 2.26. The van der Waals surface area contributed by atoms with E-state index in [9.17, 15) is 0 Å². The van der Waals surface area contributed by atoms with Crippen molar-refractivity contribution >= 4 is 0 Å². The Bertz CT molecular complexity index is 181. The monoisotopic (exact) mass is 196 g/mol. The zero-order valence-electron chi connectivity index (χ0n) is 9.34. The molecule has 2 saturated carbocycles. The van der Waals surface area contributed by atoms with Gasteiger partial charge < -0.3 is 11.1 Å². The Morgan fingerprint density at radius 1 is 1.00 bits per heavy atom. The van der Waals surface area contributed by atoms with Crippen LogP contribution in [0.15, 0.2) is 0 Å². The molecule has 4 atom stereocenters. The van der Waals surface area contributed by atoms with Crippen molar-refractivity contribution in [1.29, 1.82) is 0 Å². The average Bonchev–Trinajstić information content (AvgIpc) is 2.51. The highest BCUT2D eigenvalue weighted by molar-refractivity contribution is 4.86. The van der Waals surface area contributed by atoms with Crippen LogP contribution < -0.4 is 11.1 Å². The van der Waals surface area contributed by atoms with Gasteiger partial charge in [-0.1, -0.05) is 13.3 Å². The molecule has 82 valence electrons. The first kappa shape index (κ1) is 10.4. The molecule has 0 heterocycles. The lowest BCUT2D eigenvalue weighted by atomic mass is 9.91. The maximum atomic E-state index is 5.99. The molecule has 0 saturated heterocycles. The van der Waals surface area contributed by atoms with Crippen LogP contribution in [0.2, 0.25) is 0 Å². The minimum atomic E-state index is 0.458. The summed E-state index contributed by atoms with van der Waals surface area (Å²) >= 11 is 0.